The van der Waals surface area contributed by atoms with Gasteiger partial charge in [0.05, 0.1) is 0 Å². The molecule has 0 atom stereocenters. The highest BCUT2D eigenvalue weighted by Gasteiger charge is 2.03. The van der Waals surface area contributed by atoms with Gasteiger partial charge in [0.2, 0.25) is 0 Å². The average molecular weight is 215 g/mol. The van der Waals surface area contributed by atoms with Crippen LogP contribution in [0.4, 0.5) is 0 Å². The standard InChI is InChI=1S/C6H14O3.BrH/c7-3-1-2-6(4-8)5-9;/h6-9H,1-5H2;1H. The first-order valence-electron chi connectivity index (χ1n) is 3.17. The quantitative estimate of drug-likeness (QED) is 0.602. The Morgan fingerprint density at radius 2 is 1.50 bits per heavy atom. The summed E-state index contributed by atoms with van der Waals surface area (Å²) in [5.74, 6) is -0.0443. The molecule has 0 radical (unpaired) electrons. The second-order valence-corrected chi connectivity index (χ2v) is 2.10. The highest BCUT2D eigenvalue weighted by Crippen LogP contribution is 2.02. The van der Waals surface area contributed by atoms with Crippen LogP contribution in [0.15, 0.2) is 0 Å². The molecule has 0 rings (SSSR count). The van der Waals surface area contributed by atoms with Crippen molar-refractivity contribution < 1.29 is 15.3 Å². The smallest absolute Gasteiger partial charge is 0.0481 e. The van der Waals surface area contributed by atoms with Crippen LogP contribution in [0.5, 0.6) is 0 Å². The van der Waals surface area contributed by atoms with Gasteiger partial charge in [-0.15, -0.1) is 17.0 Å². The molecule has 0 saturated heterocycles. The van der Waals surface area contributed by atoms with E-state index < -0.39 is 0 Å². The van der Waals surface area contributed by atoms with E-state index in [2.05, 4.69) is 0 Å². The summed E-state index contributed by atoms with van der Waals surface area (Å²) in [4.78, 5) is 0. The predicted octanol–water partition coefficient (Wildman–Crippen LogP) is -0.0624. The first-order valence-corrected chi connectivity index (χ1v) is 3.17. The molecule has 4 heteroatoms. The first kappa shape index (κ1) is 13.0. The predicted molar refractivity (Wildman–Crippen MR) is 44.3 cm³/mol. The Kier molecular flexibility index (Phi) is 12.2. The van der Waals surface area contributed by atoms with E-state index >= 15 is 0 Å². The number of aliphatic hydroxyl groups is 3. The molecule has 64 valence electrons. The summed E-state index contributed by atoms with van der Waals surface area (Å²) in [6.07, 6.45) is 1.36. The second-order valence-electron chi connectivity index (χ2n) is 2.10. The van der Waals surface area contributed by atoms with Crippen LogP contribution in [0.3, 0.4) is 0 Å². The van der Waals surface area contributed by atoms with Gasteiger partial charge in [-0.2, -0.15) is 0 Å². The highest BCUT2D eigenvalue weighted by atomic mass is 79.9. The fourth-order valence-corrected chi connectivity index (χ4v) is 0.620. The van der Waals surface area contributed by atoms with Crippen LogP contribution in [-0.2, 0) is 0 Å². The summed E-state index contributed by atoms with van der Waals surface area (Å²) in [6, 6.07) is 0. The Morgan fingerprint density at radius 3 is 1.80 bits per heavy atom. The topological polar surface area (TPSA) is 60.7 Å². The maximum absolute atomic E-state index is 8.51. The zero-order valence-electron chi connectivity index (χ0n) is 5.86. The molecule has 0 aromatic heterocycles. The number of halogens is 1. The van der Waals surface area contributed by atoms with Crippen LogP contribution in [0, 0.1) is 5.92 Å². The molecule has 0 bridgehead atoms. The van der Waals surface area contributed by atoms with E-state index in [1.807, 2.05) is 0 Å². The van der Waals surface area contributed by atoms with Crippen molar-refractivity contribution in [3.63, 3.8) is 0 Å². The highest BCUT2D eigenvalue weighted by molar-refractivity contribution is 8.93. The van der Waals surface area contributed by atoms with Gasteiger partial charge in [0.15, 0.2) is 0 Å². The first-order chi connectivity index (χ1) is 4.35. The van der Waals surface area contributed by atoms with Crippen molar-refractivity contribution in [2.45, 2.75) is 12.8 Å². The monoisotopic (exact) mass is 214 g/mol. The molecular formula is C6H15BrO3. The normalized spacial score (nSPS) is 9.60. The molecule has 0 aromatic rings. The lowest BCUT2D eigenvalue weighted by Crippen LogP contribution is -2.11. The third kappa shape index (κ3) is 6.48. The van der Waals surface area contributed by atoms with E-state index in [0.29, 0.717) is 12.8 Å². The van der Waals surface area contributed by atoms with Gasteiger partial charge >= 0.3 is 0 Å². The third-order valence-corrected chi connectivity index (χ3v) is 1.29. The molecule has 0 saturated carbocycles. The zero-order chi connectivity index (χ0) is 7.11. The van der Waals surface area contributed by atoms with Crippen LogP contribution in [0.25, 0.3) is 0 Å². The number of aliphatic hydroxyl groups excluding tert-OH is 3. The van der Waals surface area contributed by atoms with Crippen molar-refractivity contribution >= 4 is 17.0 Å². The van der Waals surface area contributed by atoms with E-state index in [4.69, 9.17) is 15.3 Å². The maximum atomic E-state index is 8.51. The zero-order valence-corrected chi connectivity index (χ0v) is 7.58. The Morgan fingerprint density at radius 1 is 1.00 bits per heavy atom. The van der Waals surface area contributed by atoms with Crippen molar-refractivity contribution in [3.8, 4) is 0 Å². The molecular weight excluding hydrogens is 200 g/mol. The Bertz CT molecular complexity index is 57.0. The molecule has 0 aliphatic carbocycles. The van der Waals surface area contributed by atoms with E-state index in [0.717, 1.165) is 0 Å². The summed E-state index contributed by atoms with van der Waals surface area (Å²) in [7, 11) is 0. The van der Waals surface area contributed by atoms with Gasteiger partial charge in [-0.05, 0) is 12.8 Å². The Hall–Kier alpha value is 0.360. The van der Waals surface area contributed by atoms with Crippen molar-refractivity contribution in [3.05, 3.63) is 0 Å². The Labute approximate surface area is 71.5 Å². The van der Waals surface area contributed by atoms with Crippen LogP contribution in [0.1, 0.15) is 12.8 Å². The minimum Gasteiger partial charge on any atom is -0.396 e. The average Bonchev–Trinajstić information content (AvgIpc) is 1.91. The van der Waals surface area contributed by atoms with Crippen molar-refractivity contribution in [1.82, 2.24) is 0 Å². The van der Waals surface area contributed by atoms with Gasteiger partial charge < -0.3 is 15.3 Å². The van der Waals surface area contributed by atoms with Crippen molar-refractivity contribution in [2.75, 3.05) is 19.8 Å². The van der Waals surface area contributed by atoms with E-state index in [1.165, 1.54) is 0 Å². The summed E-state index contributed by atoms with van der Waals surface area (Å²) in [6.45, 7) is 0.156. The van der Waals surface area contributed by atoms with Crippen molar-refractivity contribution in [2.24, 2.45) is 5.92 Å². The van der Waals surface area contributed by atoms with Crippen molar-refractivity contribution in [1.29, 1.82) is 0 Å². The molecule has 0 aromatic carbocycles. The van der Waals surface area contributed by atoms with Gasteiger partial charge in [0, 0.05) is 25.7 Å². The fraction of sp³-hybridized carbons (Fsp3) is 1.00. The third-order valence-electron chi connectivity index (χ3n) is 1.29. The van der Waals surface area contributed by atoms with Crippen LogP contribution in [0.2, 0.25) is 0 Å². The van der Waals surface area contributed by atoms with Gasteiger partial charge in [0.25, 0.3) is 0 Å². The SMILES string of the molecule is Br.OCCCC(CO)CO. The largest absolute Gasteiger partial charge is 0.396 e. The number of hydrogen-bond acceptors (Lipinski definition) is 3. The van der Waals surface area contributed by atoms with Gasteiger partial charge in [-0.25, -0.2) is 0 Å². The molecule has 0 amide bonds. The van der Waals surface area contributed by atoms with Gasteiger partial charge in [-0.1, -0.05) is 0 Å². The molecule has 0 fully saturated rings. The molecule has 3 N–H and O–H groups in total. The lowest BCUT2D eigenvalue weighted by atomic mass is 10.1. The van der Waals surface area contributed by atoms with E-state index in [1.54, 1.807) is 0 Å². The van der Waals surface area contributed by atoms with Crippen LogP contribution < -0.4 is 0 Å². The summed E-state index contributed by atoms with van der Waals surface area (Å²) >= 11 is 0. The Balaban J connectivity index is 0. The lowest BCUT2D eigenvalue weighted by Gasteiger charge is -2.07. The fourth-order valence-electron chi connectivity index (χ4n) is 0.620. The number of hydrogen-bond donors (Lipinski definition) is 3. The molecule has 3 nitrogen and oxygen atoms in total. The summed E-state index contributed by atoms with van der Waals surface area (Å²) < 4.78 is 0. The molecule has 0 unspecified atom stereocenters. The summed E-state index contributed by atoms with van der Waals surface area (Å²) in [5.41, 5.74) is 0. The van der Waals surface area contributed by atoms with E-state index in [9.17, 15) is 0 Å². The second kappa shape index (κ2) is 9.36. The van der Waals surface area contributed by atoms with Crippen LogP contribution in [-0.4, -0.2) is 35.1 Å². The summed E-state index contributed by atoms with van der Waals surface area (Å²) in [5, 5.41) is 25.4. The van der Waals surface area contributed by atoms with Crippen LogP contribution >= 0.6 is 17.0 Å². The maximum Gasteiger partial charge on any atom is 0.0481 e. The minimum absolute atomic E-state index is 0. The molecule has 10 heavy (non-hydrogen) atoms. The van der Waals surface area contributed by atoms with Gasteiger partial charge in [-0.3, -0.25) is 0 Å². The minimum atomic E-state index is -0.0443. The molecule has 0 spiro atoms. The number of rotatable bonds is 5. The van der Waals surface area contributed by atoms with E-state index in [-0.39, 0.29) is 42.7 Å². The lowest BCUT2D eigenvalue weighted by molar-refractivity contribution is 0.136. The molecule has 0 heterocycles. The molecule has 0 aliphatic heterocycles. The molecule has 0 aliphatic rings. The van der Waals surface area contributed by atoms with Gasteiger partial charge in [0.1, 0.15) is 0 Å².